The van der Waals surface area contributed by atoms with Gasteiger partial charge in [-0.05, 0) is 22.0 Å². The maximum Gasteiger partial charge on any atom is 0.143 e. The Hall–Kier alpha value is -0.360. The molecule has 1 heterocycles. The summed E-state index contributed by atoms with van der Waals surface area (Å²) >= 11 is 9.10. The van der Waals surface area contributed by atoms with Gasteiger partial charge in [0, 0.05) is 19.3 Å². The summed E-state index contributed by atoms with van der Waals surface area (Å²) in [6.45, 7) is 0.870. The van der Waals surface area contributed by atoms with Crippen molar-refractivity contribution in [2.24, 2.45) is 0 Å². The van der Waals surface area contributed by atoms with Crippen molar-refractivity contribution in [3.63, 3.8) is 0 Å². The van der Waals surface area contributed by atoms with E-state index in [0.29, 0.717) is 23.9 Å². The average molecular weight is 296 g/mol. The van der Waals surface area contributed by atoms with Gasteiger partial charge in [0.1, 0.15) is 5.82 Å². The Morgan fingerprint density at radius 1 is 1.33 bits per heavy atom. The van der Waals surface area contributed by atoms with Crippen molar-refractivity contribution in [3.05, 3.63) is 21.8 Å². The van der Waals surface area contributed by atoms with Gasteiger partial charge in [-0.25, -0.2) is 4.98 Å². The third-order valence-electron chi connectivity index (χ3n) is 1.83. The number of aromatic nitrogens is 1. The van der Waals surface area contributed by atoms with Crippen molar-refractivity contribution < 1.29 is 10.2 Å². The van der Waals surface area contributed by atoms with Gasteiger partial charge in [0.15, 0.2) is 0 Å². The minimum atomic E-state index is 0.0107. The van der Waals surface area contributed by atoms with Crippen LogP contribution in [0.2, 0.25) is 5.02 Å². The second kappa shape index (κ2) is 6.27. The van der Waals surface area contributed by atoms with Gasteiger partial charge in [-0.3, -0.25) is 0 Å². The lowest BCUT2D eigenvalue weighted by molar-refractivity contribution is 0.280. The minimum Gasteiger partial charge on any atom is -0.395 e. The molecule has 84 valence electrons. The highest BCUT2D eigenvalue weighted by Crippen LogP contribution is 2.26. The molecule has 0 aliphatic heterocycles. The Bertz CT molecular complexity index is 319. The molecule has 1 rings (SSSR count). The van der Waals surface area contributed by atoms with Crippen LogP contribution in [0.4, 0.5) is 5.82 Å². The fourth-order valence-corrected chi connectivity index (χ4v) is 2.09. The molecule has 0 fully saturated rings. The maximum absolute atomic E-state index is 8.88. The van der Waals surface area contributed by atoms with Crippen LogP contribution in [0.3, 0.4) is 0 Å². The number of nitrogens with zero attached hydrogens (tertiary/aromatic N) is 2. The molecule has 0 aliphatic carbocycles. The maximum atomic E-state index is 8.88. The summed E-state index contributed by atoms with van der Waals surface area (Å²) < 4.78 is 0.747. The van der Waals surface area contributed by atoms with Crippen LogP contribution >= 0.6 is 27.5 Å². The molecule has 0 atom stereocenters. The van der Waals surface area contributed by atoms with E-state index in [9.17, 15) is 0 Å². The van der Waals surface area contributed by atoms with E-state index in [1.54, 1.807) is 11.0 Å². The molecule has 1 aromatic heterocycles. The first kappa shape index (κ1) is 12.7. The first-order valence-corrected chi connectivity index (χ1v) is 5.64. The van der Waals surface area contributed by atoms with E-state index >= 15 is 0 Å². The van der Waals surface area contributed by atoms with Crippen LogP contribution in [0.1, 0.15) is 0 Å². The molecule has 2 N–H and O–H groups in total. The zero-order valence-electron chi connectivity index (χ0n) is 8.03. The molecule has 1 aromatic rings. The van der Waals surface area contributed by atoms with Crippen LogP contribution in [-0.2, 0) is 0 Å². The van der Waals surface area contributed by atoms with E-state index in [4.69, 9.17) is 21.8 Å². The number of anilines is 1. The predicted octanol–water partition coefficient (Wildman–Crippen LogP) is 1.29. The van der Waals surface area contributed by atoms with Crippen molar-refractivity contribution in [2.45, 2.75) is 0 Å². The summed E-state index contributed by atoms with van der Waals surface area (Å²) in [5.74, 6) is 0.669. The van der Waals surface area contributed by atoms with Crippen molar-refractivity contribution in [2.75, 3.05) is 31.2 Å². The summed E-state index contributed by atoms with van der Waals surface area (Å²) in [5, 5.41) is 18.3. The van der Waals surface area contributed by atoms with E-state index < -0.39 is 0 Å². The number of aliphatic hydroxyl groups excluding tert-OH is 2. The number of aliphatic hydroxyl groups is 2. The van der Waals surface area contributed by atoms with Crippen LogP contribution in [0.5, 0.6) is 0 Å². The summed E-state index contributed by atoms with van der Waals surface area (Å²) in [6, 6.07) is 1.73. The van der Waals surface area contributed by atoms with Gasteiger partial charge in [0.25, 0.3) is 0 Å². The Kier molecular flexibility index (Phi) is 5.31. The highest BCUT2D eigenvalue weighted by molar-refractivity contribution is 9.10. The zero-order valence-corrected chi connectivity index (χ0v) is 10.4. The molecular formula is C9H12BrClN2O2. The van der Waals surface area contributed by atoms with Crippen molar-refractivity contribution in [1.29, 1.82) is 0 Å². The highest BCUT2D eigenvalue weighted by Gasteiger charge is 2.10. The molecule has 0 bridgehead atoms. The minimum absolute atomic E-state index is 0.0107. The topological polar surface area (TPSA) is 56.6 Å². The predicted molar refractivity (Wildman–Crippen MR) is 63.3 cm³/mol. The summed E-state index contributed by atoms with van der Waals surface area (Å²) in [7, 11) is 0. The van der Waals surface area contributed by atoms with Crippen LogP contribution in [0.25, 0.3) is 0 Å². The highest BCUT2D eigenvalue weighted by atomic mass is 79.9. The fourth-order valence-electron chi connectivity index (χ4n) is 1.21. The molecule has 0 spiro atoms. The van der Waals surface area contributed by atoms with Crippen LogP contribution in [-0.4, -0.2) is 41.5 Å². The molecular weight excluding hydrogens is 283 g/mol. The monoisotopic (exact) mass is 294 g/mol. The van der Waals surface area contributed by atoms with Gasteiger partial charge in [-0.15, -0.1) is 0 Å². The van der Waals surface area contributed by atoms with Crippen LogP contribution in [0, 0.1) is 0 Å². The lowest BCUT2D eigenvalue weighted by Crippen LogP contribution is -2.30. The Labute approximate surface area is 102 Å². The van der Waals surface area contributed by atoms with E-state index in [0.717, 1.165) is 4.47 Å². The Morgan fingerprint density at radius 2 is 1.93 bits per heavy atom. The quantitative estimate of drug-likeness (QED) is 0.859. The number of rotatable bonds is 5. The van der Waals surface area contributed by atoms with Gasteiger partial charge in [0.2, 0.25) is 0 Å². The largest absolute Gasteiger partial charge is 0.395 e. The molecule has 6 heteroatoms. The molecule has 0 radical (unpaired) electrons. The molecule has 0 amide bonds. The molecule has 0 saturated heterocycles. The Morgan fingerprint density at radius 3 is 2.40 bits per heavy atom. The van der Waals surface area contributed by atoms with E-state index in [1.165, 1.54) is 6.20 Å². The van der Waals surface area contributed by atoms with E-state index in [1.807, 2.05) is 0 Å². The van der Waals surface area contributed by atoms with Crippen molar-refractivity contribution >= 4 is 33.3 Å². The summed E-state index contributed by atoms with van der Waals surface area (Å²) in [6.07, 6.45) is 1.53. The molecule has 4 nitrogen and oxygen atoms in total. The molecule has 15 heavy (non-hydrogen) atoms. The second-order valence-corrected chi connectivity index (χ2v) is 4.18. The lowest BCUT2D eigenvalue weighted by atomic mass is 10.4. The van der Waals surface area contributed by atoms with Gasteiger partial charge in [0.05, 0.1) is 22.7 Å². The number of halogens is 2. The van der Waals surface area contributed by atoms with Gasteiger partial charge >= 0.3 is 0 Å². The van der Waals surface area contributed by atoms with Gasteiger partial charge in [-0.2, -0.15) is 0 Å². The van der Waals surface area contributed by atoms with Crippen molar-refractivity contribution in [3.8, 4) is 0 Å². The first-order chi connectivity index (χ1) is 7.19. The van der Waals surface area contributed by atoms with Gasteiger partial charge in [-0.1, -0.05) is 11.6 Å². The number of hydrogen-bond donors (Lipinski definition) is 2. The van der Waals surface area contributed by atoms with E-state index in [2.05, 4.69) is 20.9 Å². The fraction of sp³-hybridized carbons (Fsp3) is 0.444. The van der Waals surface area contributed by atoms with Crippen LogP contribution < -0.4 is 4.90 Å². The van der Waals surface area contributed by atoms with Crippen LogP contribution in [0.15, 0.2) is 16.7 Å². The standard InChI is InChI=1S/C9H12BrClN2O2/c10-8-5-7(11)6-12-9(8)13(1-3-14)2-4-15/h5-6,14-15H,1-4H2. The second-order valence-electron chi connectivity index (χ2n) is 2.89. The first-order valence-electron chi connectivity index (χ1n) is 4.46. The third kappa shape index (κ3) is 3.61. The van der Waals surface area contributed by atoms with Gasteiger partial charge < -0.3 is 15.1 Å². The van der Waals surface area contributed by atoms with E-state index in [-0.39, 0.29) is 13.2 Å². The lowest BCUT2D eigenvalue weighted by Gasteiger charge is -2.22. The van der Waals surface area contributed by atoms with Crippen molar-refractivity contribution in [1.82, 2.24) is 4.98 Å². The average Bonchev–Trinajstić information content (AvgIpc) is 2.17. The molecule has 0 saturated carbocycles. The number of hydrogen-bond acceptors (Lipinski definition) is 4. The summed E-state index contributed by atoms with van der Waals surface area (Å²) in [4.78, 5) is 5.92. The molecule has 0 unspecified atom stereocenters. The third-order valence-corrected chi connectivity index (χ3v) is 2.62. The smallest absolute Gasteiger partial charge is 0.143 e. The number of pyridine rings is 1. The normalized spacial score (nSPS) is 10.4. The Balaban J connectivity index is 2.89. The molecule has 0 aromatic carbocycles. The molecule has 0 aliphatic rings. The SMILES string of the molecule is OCCN(CCO)c1ncc(Cl)cc1Br. The summed E-state index contributed by atoms with van der Waals surface area (Å²) in [5.41, 5.74) is 0. The zero-order chi connectivity index (χ0) is 11.3.